The van der Waals surface area contributed by atoms with E-state index in [2.05, 4.69) is 24.5 Å². The van der Waals surface area contributed by atoms with Crippen LogP contribution in [0.15, 0.2) is 30.3 Å². The van der Waals surface area contributed by atoms with Crippen LogP contribution in [0, 0.1) is 5.92 Å². The summed E-state index contributed by atoms with van der Waals surface area (Å²) >= 11 is 0. The van der Waals surface area contributed by atoms with E-state index in [0.29, 0.717) is 19.1 Å². The first-order valence-electron chi connectivity index (χ1n) is 6.76. The molecule has 0 saturated carbocycles. The van der Waals surface area contributed by atoms with Crippen molar-refractivity contribution in [2.75, 3.05) is 19.7 Å². The fourth-order valence-electron chi connectivity index (χ4n) is 1.58. The Morgan fingerprint density at radius 3 is 2.53 bits per heavy atom. The largest absolute Gasteiger partial charge is 0.491 e. The number of hydrogen-bond donors (Lipinski definition) is 2. The van der Waals surface area contributed by atoms with Gasteiger partial charge in [-0.1, -0.05) is 32.0 Å². The number of para-hydroxylation sites is 1. The van der Waals surface area contributed by atoms with Gasteiger partial charge in [0.25, 0.3) is 0 Å². The zero-order chi connectivity index (χ0) is 14.1. The summed E-state index contributed by atoms with van der Waals surface area (Å²) in [5, 5.41) is 6.01. The molecular formula is C15H24N2O2. The number of hydrogen-bond acceptors (Lipinski definition) is 3. The lowest BCUT2D eigenvalue weighted by Gasteiger charge is -2.15. The van der Waals surface area contributed by atoms with Crippen LogP contribution in [0.5, 0.6) is 5.75 Å². The van der Waals surface area contributed by atoms with Crippen molar-refractivity contribution in [3.05, 3.63) is 30.3 Å². The van der Waals surface area contributed by atoms with Crippen molar-refractivity contribution in [1.29, 1.82) is 0 Å². The number of ether oxygens (including phenoxy) is 1. The predicted octanol–water partition coefficient (Wildman–Crippen LogP) is 1.82. The minimum absolute atomic E-state index is 0.00446. The number of amides is 1. The topological polar surface area (TPSA) is 50.4 Å². The van der Waals surface area contributed by atoms with Gasteiger partial charge in [0.15, 0.2) is 0 Å². The average Bonchev–Trinajstić information content (AvgIpc) is 2.37. The van der Waals surface area contributed by atoms with E-state index in [1.54, 1.807) is 0 Å². The highest BCUT2D eigenvalue weighted by Gasteiger charge is 2.07. The molecule has 106 valence electrons. The summed E-state index contributed by atoms with van der Waals surface area (Å²) in [6.07, 6.45) is 0. The molecule has 0 aliphatic carbocycles. The molecule has 0 radical (unpaired) electrons. The molecule has 1 amide bonds. The first kappa shape index (κ1) is 15.5. The Labute approximate surface area is 115 Å². The van der Waals surface area contributed by atoms with Gasteiger partial charge in [0.1, 0.15) is 12.4 Å². The maximum atomic E-state index is 11.6. The van der Waals surface area contributed by atoms with Gasteiger partial charge in [0.05, 0.1) is 12.6 Å². The Balaban J connectivity index is 2.16. The summed E-state index contributed by atoms with van der Waals surface area (Å²) < 4.78 is 5.58. The summed E-state index contributed by atoms with van der Waals surface area (Å²) in [6.45, 7) is 7.84. The SMILES string of the molecule is CC(C)CNCC(=O)NC(C)COc1ccccc1. The summed E-state index contributed by atoms with van der Waals surface area (Å²) in [7, 11) is 0. The third kappa shape index (κ3) is 7.47. The first-order valence-corrected chi connectivity index (χ1v) is 6.76. The molecule has 0 heterocycles. The molecule has 4 nitrogen and oxygen atoms in total. The number of benzene rings is 1. The number of rotatable bonds is 8. The molecular weight excluding hydrogens is 240 g/mol. The zero-order valence-corrected chi connectivity index (χ0v) is 12.0. The molecule has 1 aromatic rings. The Hall–Kier alpha value is -1.55. The molecule has 0 saturated heterocycles. The smallest absolute Gasteiger partial charge is 0.234 e. The molecule has 0 spiro atoms. The Kier molecular flexibility index (Phi) is 6.97. The molecule has 1 atom stereocenters. The van der Waals surface area contributed by atoms with Crippen molar-refractivity contribution < 1.29 is 9.53 Å². The summed E-state index contributed by atoms with van der Waals surface area (Å²) in [5.74, 6) is 1.37. The number of carbonyl (C=O) groups excluding carboxylic acids is 1. The van der Waals surface area contributed by atoms with Crippen molar-refractivity contribution in [1.82, 2.24) is 10.6 Å². The Morgan fingerprint density at radius 1 is 1.21 bits per heavy atom. The van der Waals surface area contributed by atoms with Crippen LogP contribution in [0.2, 0.25) is 0 Å². The molecule has 1 rings (SSSR count). The van der Waals surface area contributed by atoms with Gasteiger partial charge in [0, 0.05) is 0 Å². The van der Waals surface area contributed by atoms with Crippen molar-refractivity contribution in [3.8, 4) is 5.75 Å². The Morgan fingerprint density at radius 2 is 1.89 bits per heavy atom. The highest BCUT2D eigenvalue weighted by atomic mass is 16.5. The molecule has 0 aliphatic rings. The van der Waals surface area contributed by atoms with E-state index in [1.165, 1.54) is 0 Å². The molecule has 4 heteroatoms. The van der Waals surface area contributed by atoms with Crippen LogP contribution in [0.1, 0.15) is 20.8 Å². The van der Waals surface area contributed by atoms with Gasteiger partial charge in [-0.05, 0) is 31.5 Å². The van der Waals surface area contributed by atoms with E-state index in [1.807, 2.05) is 37.3 Å². The summed E-state index contributed by atoms with van der Waals surface area (Å²) in [4.78, 5) is 11.6. The second-order valence-electron chi connectivity index (χ2n) is 5.12. The van der Waals surface area contributed by atoms with Gasteiger partial charge in [-0.2, -0.15) is 0 Å². The third-order valence-electron chi connectivity index (χ3n) is 2.49. The van der Waals surface area contributed by atoms with Crippen LogP contribution in [0.25, 0.3) is 0 Å². The van der Waals surface area contributed by atoms with Crippen molar-refractivity contribution in [2.45, 2.75) is 26.8 Å². The van der Waals surface area contributed by atoms with Gasteiger partial charge in [-0.3, -0.25) is 4.79 Å². The third-order valence-corrected chi connectivity index (χ3v) is 2.49. The molecule has 0 aliphatic heterocycles. The van der Waals surface area contributed by atoms with E-state index in [4.69, 9.17) is 4.74 Å². The van der Waals surface area contributed by atoms with Crippen molar-refractivity contribution >= 4 is 5.91 Å². The van der Waals surface area contributed by atoms with Gasteiger partial charge < -0.3 is 15.4 Å². The van der Waals surface area contributed by atoms with Crippen LogP contribution < -0.4 is 15.4 Å². The van der Waals surface area contributed by atoms with Gasteiger partial charge in [0.2, 0.25) is 5.91 Å². The van der Waals surface area contributed by atoms with E-state index in [9.17, 15) is 4.79 Å². The predicted molar refractivity (Wildman–Crippen MR) is 77.2 cm³/mol. The van der Waals surface area contributed by atoms with Crippen LogP contribution in [0.4, 0.5) is 0 Å². The van der Waals surface area contributed by atoms with Crippen molar-refractivity contribution in [3.63, 3.8) is 0 Å². The molecule has 0 bridgehead atoms. The van der Waals surface area contributed by atoms with Crippen LogP contribution in [-0.2, 0) is 4.79 Å². The van der Waals surface area contributed by atoms with Gasteiger partial charge in [-0.15, -0.1) is 0 Å². The number of carbonyl (C=O) groups is 1. The maximum absolute atomic E-state index is 11.6. The standard InChI is InChI=1S/C15H24N2O2/c1-12(2)9-16-10-15(18)17-13(3)11-19-14-7-5-4-6-8-14/h4-8,12-13,16H,9-11H2,1-3H3,(H,17,18). The minimum atomic E-state index is -0.00597. The second kappa shape index (κ2) is 8.53. The first-order chi connectivity index (χ1) is 9.08. The lowest BCUT2D eigenvalue weighted by atomic mass is 10.2. The molecule has 1 unspecified atom stereocenters. The molecule has 2 N–H and O–H groups in total. The lowest BCUT2D eigenvalue weighted by molar-refractivity contribution is -0.121. The average molecular weight is 264 g/mol. The van der Waals surface area contributed by atoms with Crippen molar-refractivity contribution in [2.24, 2.45) is 5.92 Å². The van der Waals surface area contributed by atoms with Crippen LogP contribution in [0.3, 0.4) is 0 Å². The zero-order valence-electron chi connectivity index (χ0n) is 12.0. The molecule has 19 heavy (non-hydrogen) atoms. The fourth-order valence-corrected chi connectivity index (χ4v) is 1.58. The second-order valence-corrected chi connectivity index (χ2v) is 5.12. The van der Waals surface area contributed by atoms with Crippen LogP contribution in [-0.4, -0.2) is 31.6 Å². The highest BCUT2D eigenvalue weighted by Crippen LogP contribution is 2.08. The lowest BCUT2D eigenvalue weighted by Crippen LogP contribution is -2.42. The maximum Gasteiger partial charge on any atom is 0.234 e. The normalized spacial score (nSPS) is 12.2. The van der Waals surface area contributed by atoms with E-state index < -0.39 is 0 Å². The summed E-state index contributed by atoms with van der Waals surface area (Å²) in [5.41, 5.74) is 0. The Bertz CT molecular complexity index is 366. The van der Waals surface area contributed by atoms with E-state index in [-0.39, 0.29) is 11.9 Å². The van der Waals surface area contributed by atoms with E-state index >= 15 is 0 Å². The highest BCUT2D eigenvalue weighted by molar-refractivity contribution is 5.78. The quantitative estimate of drug-likeness (QED) is 0.753. The monoisotopic (exact) mass is 264 g/mol. The van der Waals surface area contributed by atoms with Gasteiger partial charge in [-0.25, -0.2) is 0 Å². The molecule has 1 aromatic carbocycles. The minimum Gasteiger partial charge on any atom is -0.491 e. The summed E-state index contributed by atoms with van der Waals surface area (Å²) in [6, 6.07) is 9.59. The van der Waals surface area contributed by atoms with Crippen LogP contribution >= 0.6 is 0 Å². The molecule has 0 aromatic heterocycles. The van der Waals surface area contributed by atoms with Gasteiger partial charge >= 0.3 is 0 Å². The van der Waals surface area contributed by atoms with E-state index in [0.717, 1.165) is 12.3 Å². The fraction of sp³-hybridized carbons (Fsp3) is 0.533. The number of nitrogens with one attached hydrogen (secondary N) is 2. The molecule has 0 fully saturated rings.